The Kier molecular flexibility index (Phi) is 9.32. The van der Waals surface area contributed by atoms with Crippen LogP contribution in [-0.2, 0) is 43.7 Å². The van der Waals surface area contributed by atoms with E-state index in [1.54, 1.807) is 4.31 Å². The number of ether oxygens (including phenoxy) is 3. The highest BCUT2D eigenvalue weighted by molar-refractivity contribution is 7.89. The van der Waals surface area contributed by atoms with Gasteiger partial charge in [0.1, 0.15) is 5.75 Å². The fourth-order valence-electron chi connectivity index (χ4n) is 7.34. The van der Waals surface area contributed by atoms with Crippen LogP contribution in [0.4, 0.5) is 0 Å². The first-order valence-electron chi connectivity index (χ1n) is 16.1. The number of esters is 1. The van der Waals surface area contributed by atoms with Crippen LogP contribution in [0.1, 0.15) is 111 Å². The number of sulfonamides is 1. The molecule has 0 saturated heterocycles. The molecule has 8 heteroatoms. The van der Waals surface area contributed by atoms with Crippen LogP contribution in [0.2, 0.25) is 0 Å². The van der Waals surface area contributed by atoms with Gasteiger partial charge in [-0.05, 0) is 131 Å². The zero-order valence-electron chi connectivity index (χ0n) is 27.1. The lowest BCUT2D eigenvalue weighted by atomic mass is 9.79. The van der Waals surface area contributed by atoms with E-state index in [4.69, 9.17) is 14.2 Å². The Morgan fingerprint density at radius 2 is 1.70 bits per heavy atom. The first-order valence-corrected chi connectivity index (χ1v) is 17.6. The van der Waals surface area contributed by atoms with Gasteiger partial charge in [-0.3, -0.25) is 0 Å². The van der Waals surface area contributed by atoms with Crippen molar-refractivity contribution in [1.82, 2.24) is 4.31 Å². The Bertz CT molecular complexity index is 1480. The molecule has 5 rings (SSSR count). The van der Waals surface area contributed by atoms with Gasteiger partial charge in [0.2, 0.25) is 10.0 Å². The largest absolute Gasteiger partial charge is 0.493 e. The smallest absolute Gasteiger partial charge is 0.339 e. The van der Waals surface area contributed by atoms with Crippen molar-refractivity contribution in [2.75, 3.05) is 19.8 Å². The molecular formula is C35H49NO6S. The molecule has 2 aromatic carbocycles. The van der Waals surface area contributed by atoms with Crippen LogP contribution in [0.5, 0.6) is 5.75 Å². The van der Waals surface area contributed by atoms with Crippen LogP contribution >= 0.6 is 0 Å². The molecule has 1 aliphatic carbocycles. The second kappa shape index (κ2) is 12.5. The Morgan fingerprint density at radius 1 is 0.977 bits per heavy atom. The summed E-state index contributed by atoms with van der Waals surface area (Å²) in [5.74, 6) is 0.511. The first kappa shape index (κ1) is 32.0. The molecule has 7 nitrogen and oxygen atoms in total. The lowest BCUT2D eigenvalue weighted by Crippen LogP contribution is -2.43. The topological polar surface area (TPSA) is 82.1 Å². The summed E-state index contributed by atoms with van der Waals surface area (Å²) in [5, 5.41) is -0.292. The van der Waals surface area contributed by atoms with Crippen molar-refractivity contribution in [2.24, 2.45) is 0 Å². The predicted molar refractivity (Wildman–Crippen MR) is 170 cm³/mol. The van der Waals surface area contributed by atoms with Crippen LogP contribution in [0, 0.1) is 20.8 Å². The Balaban J connectivity index is 1.72. The molecule has 2 aliphatic heterocycles. The van der Waals surface area contributed by atoms with E-state index in [2.05, 4.69) is 26.8 Å². The van der Waals surface area contributed by atoms with E-state index in [0.717, 1.165) is 95.2 Å². The summed E-state index contributed by atoms with van der Waals surface area (Å²) < 4.78 is 47.5. The summed E-state index contributed by atoms with van der Waals surface area (Å²) in [6, 6.07) is 4.13. The summed E-state index contributed by atoms with van der Waals surface area (Å²) in [6.07, 6.45) is 6.13. The lowest BCUT2D eigenvalue weighted by Gasteiger charge is -2.37. The van der Waals surface area contributed by atoms with E-state index in [9.17, 15) is 13.2 Å². The molecule has 3 aliphatic rings. The third-order valence-electron chi connectivity index (χ3n) is 9.48. The van der Waals surface area contributed by atoms with E-state index in [0.29, 0.717) is 26.1 Å². The van der Waals surface area contributed by atoms with Gasteiger partial charge in [-0.25, -0.2) is 13.2 Å². The standard InChI is InChI=1S/C35H49NO6S/c1-8-40-34(37)33(42-35(5,6)7)32-23(3)26-18-19-36(43(38,39)25-13-10-9-11-14-25)21-29(26)24(4)31(32)28-16-17-30-27(22(28)2)15-12-20-41-30/h16-17,25,33H,8-15,18-21H2,1-7H3/t33-/m0/s1. The summed E-state index contributed by atoms with van der Waals surface area (Å²) >= 11 is 0. The average molecular weight is 612 g/mol. The number of benzene rings is 2. The van der Waals surface area contributed by atoms with Gasteiger partial charge in [0.15, 0.2) is 6.10 Å². The van der Waals surface area contributed by atoms with Gasteiger partial charge in [0.05, 0.1) is 24.1 Å². The highest BCUT2D eigenvalue weighted by Crippen LogP contribution is 2.46. The van der Waals surface area contributed by atoms with Gasteiger partial charge in [-0.15, -0.1) is 0 Å². The molecule has 0 bridgehead atoms. The summed E-state index contributed by atoms with van der Waals surface area (Å²) in [6.45, 7) is 15.7. The van der Waals surface area contributed by atoms with Gasteiger partial charge in [0.25, 0.3) is 0 Å². The molecule has 0 amide bonds. The molecule has 43 heavy (non-hydrogen) atoms. The van der Waals surface area contributed by atoms with Crippen molar-refractivity contribution < 1.29 is 27.4 Å². The van der Waals surface area contributed by atoms with Gasteiger partial charge in [-0.1, -0.05) is 25.3 Å². The summed E-state index contributed by atoms with van der Waals surface area (Å²) in [4.78, 5) is 13.7. The van der Waals surface area contributed by atoms with Crippen LogP contribution in [0.25, 0.3) is 11.1 Å². The zero-order chi connectivity index (χ0) is 31.1. The molecule has 2 aromatic rings. The van der Waals surface area contributed by atoms with Gasteiger partial charge in [0, 0.05) is 18.7 Å². The molecule has 1 fully saturated rings. The third kappa shape index (κ3) is 6.25. The highest BCUT2D eigenvalue weighted by atomic mass is 32.2. The monoisotopic (exact) mass is 611 g/mol. The van der Waals surface area contributed by atoms with Crippen LogP contribution in [-0.4, -0.2) is 49.3 Å². The van der Waals surface area contributed by atoms with Gasteiger partial charge < -0.3 is 14.2 Å². The minimum atomic E-state index is -3.41. The molecule has 1 atom stereocenters. The first-order chi connectivity index (χ1) is 20.3. The molecule has 236 valence electrons. The Morgan fingerprint density at radius 3 is 2.37 bits per heavy atom. The quantitative estimate of drug-likeness (QED) is 0.312. The minimum absolute atomic E-state index is 0.254. The molecule has 1 saturated carbocycles. The fourth-order valence-corrected chi connectivity index (χ4v) is 9.35. The van der Waals surface area contributed by atoms with E-state index < -0.39 is 27.7 Å². The minimum Gasteiger partial charge on any atom is -0.493 e. The molecule has 0 radical (unpaired) electrons. The lowest BCUT2D eigenvalue weighted by molar-refractivity contribution is -0.166. The average Bonchev–Trinajstić information content (AvgIpc) is 2.98. The molecule has 0 unspecified atom stereocenters. The van der Waals surface area contributed by atoms with E-state index >= 15 is 0 Å². The van der Waals surface area contributed by atoms with Gasteiger partial charge >= 0.3 is 5.97 Å². The summed E-state index contributed by atoms with van der Waals surface area (Å²) in [7, 11) is -3.41. The molecule has 0 spiro atoms. The number of nitrogens with zero attached hydrogens (tertiary/aromatic N) is 1. The second-order valence-corrected chi connectivity index (χ2v) is 15.6. The fraction of sp³-hybridized carbons (Fsp3) is 0.629. The number of carbonyl (C=O) groups excluding carboxylic acids is 1. The van der Waals surface area contributed by atoms with E-state index in [-0.39, 0.29) is 11.9 Å². The van der Waals surface area contributed by atoms with E-state index in [1.807, 2.05) is 33.8 Å². The maximum absolute atomic E-state index is 13.8. The number of hydrogen-bond acceptors (Lipinski definition) is 6. The number of hydrogen-bond donors (Lipinski definition) is 0. The molecule has 2 heterocycles. The second-order valence-electron chi connectivity index (χ2n) is 13.4. The maximum Gasteiger partial charge on any atom is 0.339 e. The van der Waals surface area contributed by atoms with Gasteiger partial charge in [-0.2, -0.15) is 4.31 Å². The predicted octanol–water partition coefficient (Wildman–Crippen LogP) is 7.04. The van der Waals surface area contributed by atoms with Crippen molar-refractivity contribution in [3.8, 4) is 16.9 Å². The Labute approximate surface area is 258 Å². The number of rotatable bonds is 7. The van der Waals surface area contributed by atoms with Crippen molar-refractivity contribution in [1.29, 1.82) is 0 Å². The van der Waals surface area contributed by atoms with Crippen molar-refractivity contribution >= 4 is 16.0 Å². The van der Waals surface area contributed by atoms with Crippen LogP contribution in [0.15, 0.2) is 12.1 Å². The maximum atomic E-state index is 13.8. The molecule has 0 aromatic heterocycles. The Hall–Kier alpha value is -2.42. The van der Waals surface area contributed by atoms with Crippen molar-refractivity contribution in [3.63, 3.8) is 0 Å². The number of fused-ring (bicyclic) bond motifs is 2. The highest BCUT2D eigenvalue weighted by Gasteiger charge is 2.39. The van der Waals surface area contributed by atoms with Crippen molar-refractivity contribution in [3.05, 3.63) is 51.1 Å². The molecular weight excluding hydrogens is 562 g/mol. The van der Waals surface area contributed by atoms with Crippen molar-refractivity contribution in [2.45, 2.75) is 123 Å². The van der Waals surface area contributed by atoms with Crippen LogP contribution < -0.4 is 4.74 Å². The SMILES string of the molecule is CCOC(=O)[C@@H](OC(C)(C)C)c1c(C)c2c(c(C)c1-c1ccc3c(c1C)CCCO3)CN(S(=O)(=O)C1CCCCC1)CC2. The number of carbonyl (C=O) groups is 1. The zero-order valence-corrected chi connectivity index (χ0v) is 27.9. The molecule has 0 N–H and O–H groups in total. The van der Waals surface area contributed by atoms with Crippen LogP contribution in [0.3, 0.4) is 0 Å². The van der Waals surface area contributed by atoms with E-state index in [1.165, 1.54) is 5.56 Å². The third-order valence-corrected chi connectivity index (χ3v) is 11.8. The summed E-state index contributed by atoms with van der Waals surface area (Å²) in [5.41, 5.74) is 8.68. The normalized spacial score (nSPS) is 18.9.